The molecule has 80 valence electrons. The summed E-state index contributed by atoms with van der Waals surface area (Å²) in [7, 11) is 0. The second kappa shape index (κ2) is 3.56. The van der Waals surface area contributed by atoms with Crippen LogP contribution in [-0.2, 0) is 4.79 Å². The molecule has 2 nitrogen and oxygen atoms in total. The summed E-state index contributed by atoms with van der Waals surface area (Å²) in [5.41, 5.74) is 1.56. The van der Waals surface area contributed by atoms with Gasteiger partial charge in [-0.1, -0.05) is 26.5 Å². The molecule has 0 radical (unpaired) electrons. The minimum absolute atomic E-state index is 0.0431. The minimum Gasteiger partial charge on any atom is -0.334 e. The lowest BCUT2D eigenvalue weighted by Crippen LogP contribution is -2.29. The zero-order valence-electron chi connectivity index (χ0n) is 9.12. The number of hydrogen-bond donors (Lipinski definition) is 0. The molecule has 15 heavy (non-hydrogen) atoms. The average Bonchev–Trinajstić information content (AvgIpc) is 2.63. The third-order valence-electron chi connectivity index (χ3n) is 2.61. The van der Waals surface area contributed by atoms with Crippen molar-refractivity contribution >= 4 is 17.5 Å². The lowest BCUT2D eigenvalue weighted by Gasteiger charge is -2.31. The molecule has 0 saturated carbocycles. The monoisotopic (exact) mass is 221 g/mol. The van der Waals surface area contributed by atoms with Crippen molar-refractivity contribution in [2.75, 3.05) is 5.88 Å². The Morgan fingerprint density at radius 2 is 2.27 bits per heavy atom. The number of thioether (sulfide) groups is 1. The molecular weight excluding hydrogens is 206 g/mol. The van der Waals surface area contributed by atoms with Crippen LogP contribution in [0.15, 0.2) is 35.5 Å². The van der Waals surface area contributed by atoms with Gasteiger partial charge < -0.3 is 4.90 Å². The van der Waals surface area contributed by atoms with Crippen LogP contribution in [0.25, 0.3) is 0 Å². The van der Waals surface area contributed by atoms with E-state index in [-0.39, 0.29) is 11.2 Å². The van der Waals surface area contributed by atoms with Gasteiger partial charge in [0, 0.05) is 6.20 Å². The lowest BCUT2D eigenvalue weighted by molar-refractivity contribution is -0.114. The number of hydrogen-bond acceptors (Lipinski definition) is 3. The molecule has 0 spiro atoms. The van der Waals surface area contributed by atoms with Crippen LogP contribution in [0.5, 0.6) is 0 Å². The molecular formula is C12H15NOS. The van der Waals surface area contributed by atoms with E-state index in [0.717, 1.165) is 23.6 Å². The van der Waals surface area contributed by atoms with E-state index < -0.39 is 0 Å². The van der Waals surface area contributed by atoms with Gasteiger partial charge in [0.2, 0.25) is 5.78 Å². The fourth-order valence-corrected chi connectivity index (χ4v) is 2.65. The maximum Gasteiger partial charge on any atom is 0.204 e. The molecule has 3 heteroatoms. The Morgan fingerprint density at radius 3 is 2.87 bits per heavy atom. The smallest absolute Gasteiger partial charge is 0.204 e. The largest absolute Gasteiger partial charge is 0.334 e. The van der Waals surface area contributed by atoms with Crippen LogP contribution in [0.2, 0.25) is 0 Å². The lowest BCUT2D eigenvalue weighted by atomic mass is 9.78. The zero-order chi connectivity index (χ0) is 11.1. The minimum atomic E-state index is 0.0431. The first-order valence-electron chi connectivity index (χ1n) is 5.00. The first-order chi connectivity index (χ1) is 6.99. The molecule has 0 saturated heterocycles. The first-order valence-corrected chi connectivity index (χ1v) is 6.05. The van der Waals surface area contributed by atoms with Gasteiger partial charge in [0.25, 0.3) is 0 Å². The fraction of sp³-hybridized carbons (Fsp3) is 0.417. The molecule has 2 rings (SSSR count). The number of carbonyl (C=O) groups is 1. The number of allylic oxidation sites excluding steroid dienone is 2. The highest BCUT2D eigenvalue weighted by atomic mass is 32.2. The number of ketones is 1. The molecule has 1 aliphatic heterocycles. The molecule has 0 amide bonds. The summed E-state index contributed by atoms with van der Waals surface area (Å²) in [4.78, 5) is 13.9. The van der Waals surface area contributed by atoms with Gasteiger partial charge in [-0.05, 0) is 22.8 Å². The van der Waals surface area contributed by atoms with Gasteiger partial charge in [-0.2, -0.15) is 0 Å². The maximum atomic E-state index is 11.9. The zero-order valence-corrected chi connectivity index (χ0v) is 9.93. The molecule has 2 aliphatic rings. The van der Waals surface area contributed by atoms with Crippen LogP contribution in [0, 0.1) is 5.41 Å². The topological polar surface area (TPSA) is 20.3 Å². The third-order valence-corrected chi connectivity index (χ3v) is 3.35. The van der Waals surface area contributed by atoms with Gasteiger partial charge >= 0.3 is 0 Å². The summed E-state index contributed by atoms with van der Waals surface area (Å²) in [6.07, 6.45) is 4.79. The quantitative estimate of drug-likeness (QED) is 0.635. The standard InChI is InChI=1S/C12H15NOS/c1-9-6-12(2,3)7-10(11(9)14)13-4-5-15-8-13/h4-5,7H,1,6,8H2,2-3H3. The first kappa shape index (κ1) is 10.6. The van der Waals surface area contributed by atoms with E-state index in [2.05, 4.69) is 26.5 Å². The predicted molar refractivity (Wildman–Crippen MR) is 64.1 cm³/mol. The van der Waals surface area contributed by atoms with E-state index in [0.29, 0.717) is 0 Å². The molecule has 0 aromatic carbocycles. The van der Waals surface area contributed by atoms with E-state index in [1.54, 1.807) is 11.8 Å². The van der Waals surface area contributed by atoms with Crippen molar-refractivity contribution in [1.29, 1.82) is 0 Å². The van der Waals surface area contributed by atoms with Crippen LogP contribution in [-0.4, -0.2) is 16.6 Å². The molecule has 0 aromatic heterocycles. The third kappa shape index (κ3) is 2.02. The highest BCUT2D eigenvalue weighted by Crippen LogP contribution is 2.36. The molecule has 0 unspecified atom stereocenters. The van der Waals surface area contributed by atoms with Crippen molar-refractivity contribution in [3.05, 3.63) is 35.5 Å². The van der Waals surface area contributed by atoms with Gasteiger partial charge in [0.05, 0.1) is 11.6 Å². The summed E-state index contributed by atoms with van der Waals surface area (Å²) in [5, 5.41) is 2.01. The van der Waals surface area contributed by atoms with Crippen LogP contribution < -0.4 is 0 Å². The van der Waals surface area contributed by atoms with Gasteiger partial charge in [-0.15, -0.1) is 11.8 Å². The van der Waals surface area contributed by atoms with E-state index >= 15 is 0 Å². The summed E-state index contributed by atoms with van der Waals surface area (Å²) >= 11 is 1.70. The van der Waals surface area contributed by atoms with Crippen molar-refractivity contribution in [2.24, 2.45) is 5.41 Å². The Hall–Kier alpha value is -0.960. The summed E-state index contributed by atoms with van der Waals surface area (Å²) in [6.45, 7) is 8.14. The van der Waals surface area contributed by atoms with Crippen LogP contribution in [0.4, 0.5) is 0 Å². The van der Waals surface area contributed by atoms with E-state index in [9.17, 15) is 4.79 Å². The second-order valence-corrected chi connectivity index (χ2v) is 5.54. The Kier molecular flexibility index (Phi) is 2.51. The molecule has 0 fully saturated rings. The van der Waals surface area contributed by atoms with Crippen molar-refractivity contribution in [1.82, 2.24) is 4.90 Å². The normalized spacial score (nSPS) is 24.7. The summed E-state index contributed by atoms with van der Waals surface area (Å²) < 4.78 is 0. The van der Waals surface area contributed by atoms with Crippen LogP contribution in [0.1, 0.15) is 20.3 Å². The Bertz CT molecular complexity index is 379. The predicted octanol–water partition coefficient (Wildman–Crippen LogP) is 2.90. The molecule has 0 N–H and O–H groups in total. The molecule has 0 bridgehead atoms. The highest BCUT2D eigenvalue weighted by molar-refractivity contribution is 8.02. The average molecular weight is 221 g/mol. The maximum absolute atomic E-state index is 11.9. The number of Topliss-reactive ketones (excluding diaryl/α,β-unsaturated/α-hetero) is 1. The number of carbonyl (C=O) groups excluding carboxylic acids is 1. The molecule has 0 atom stereocenters. The summed E-state index contributed by atoms with van der Waals surface area (Å²) in [5.74, 6) is 0.933. The Labute approximate surface area is 94.7 Å². The number of nitrogens with zero attached hydrogens (tertiary/aromatic N) is 1. The van der Waals surface area contributed by atoms with Crippen LogP contribution in [0.3, 0.4) is 0 Å². The highest BCUT2D eigenvalue weighted by Gasteiger charge is 2.31. The van der Waals surface area contributed by atoms with E-state index in [4.69, 9.17) is 0 Å². The van der Waals surface area contributed by atoms with Crippen molar-refractivity contribution in [3.63, 3.8) is 0 Å². The second-order valence-electron chi connectivity index (χ2n) is 4.68. The van der Waals surface area contributed by atoms with Gasteiger partial charge in [-0.25, -0.2) is 0 Å². The van der Waals surface area contributed by atoms with Gasteiger partial charge in [0.1, 0.15) is 0 Å². The Morgan fingerprint density at radius 1 is 1.53 bits per heavy atom. The molecule has 1 aliphatic carbocycles. The van der Waals surface area contributed by atoms with Gasteiger partial charge in [0.15, 0.2) is 0 Å². The van der Waals surface area contributed by atoms with Crippen molar-refractivity contribution < 1.29 is 4.79 Å². The van der Waals surface area contributed by atoms with E-state index in [1.807, 2.05) is 16.5 Å². The van der Waals surface area contributed by atoms with Crippen molar-refractivity contribution in [2.45, 2.75) is 20.3 Å². The van der Waals surface area contributed by atoms with Gasteiger partial charge in [-0.3, -0.25) is 4.79 Å². The molecule has 0 aromatic rings. The molecule has 1 heterocycles. The SMILES string of the molecule is C=C1CC(C)(C)C=C(N2C=CSC2)C1=O. The van der Waals surface area contributed by atoms with Crippen LogP contribution >= 0.6 is 11.8 Å². The number of rotatable bonds is 1. The van der Waals surface area contributed by atoms with E-state index in [1.165, 1.54) is 0 Å². The van der Waals surface area contributed by atoms with Crippen molar-refractivity contribution in [3.8, 4) is 0 Å². The Balaban J connectivity index is 2.35. The fourth-order valence-electron chi connectivity index (χ4n) is 1.94. The summed E-state index contributed by atoms with van der Waals surface area (Å²) in [6, 6.07) is 0.